The second-order valence-electron chi connectivity index (χ2n) is 4.94. The van der Waals surface area contributed by atoms with Crippen molar-refractivity contribution >= 4 is 0 Å². The maximum atomic E-state index is 4.58. The van der Waals surface area contributed by atoms with Crippen molar-refractivity contribution in [2.24, 2.45) is 0 Å². The van der Waals surface area contributed by atoms with Gasteiger partial charge in [0.2, 0.25) is 0 Å². The molecule has 2 rings (SSSR count). The molecule has 1 aliphatic rings. The summed E-state index contributed by atoms with van der Waals surface area (Å²) in [6.07, 6.45) is 3.32. The molecule has 1 aliphatic heterocycles. The molecule has 1 fully saturated rings. The van der Waals surface area contributed by atoms with Crippen molar-refractivity contribution in [1.82, 2.24) is 20.0 Å². The normalized spacial score (nSPS) is 21.2. The van der Waals surface area contributed by atoms with Crippen molar-refractivity contribution in [3.05, 3.63) is 18.0 Å². The van der Waals surface area contributed by atoms with Crippen LogP contribution in [0, 0.1) is 0 Å². The summed E-state index contributed by atoms with van der Waals surface area (Å²) in [6.45, 7) is 7.52. The Kier molecular flexibility index (Phi) is 3.61. The summed E-state index contributed by atoms with van der Waals surface area (Å²) in [5, 5.41) is 7.97. The fourth-order valence-electron chi connectivity index (χ4n) is 2.15. The molecule has 1 aromatic heterocycles. The molecule has 0 aromatic carbocycles. The van der Waals surface area contributed by atoms with Gasteiger partial charge in [0.1, 0.15) is 0 Å². The van der Waals surface area contributed by atoms with Crippen LogP contribution in [0.25, 0.3) is 0 Å². The SMILES string of the molecule is CC(C)n1ccc(CN(C)C2CCNC2)n1. The van der Waals surface area contributed by atoms with E-state index in [9.17, 15) is 0 Å². The van der Waals surface area contributed by atoms with Gasteiger partial charge in [-0.2, -0.15) is 5.10 Å². The van der Waals surface area contributed by atoms with Crippen molar-refractivity contribution in [2.45, 2.75) is 38.9 Å². The second-order valence-corrected chi connectivity index (χ2v) is 4.94. The summed E-state index contributed by atoms with van der Waals surface area (Å²) >= 11 is 0. The van der Waals surface area contributed by atoms with E-state index < -0.39 is 0 Å². The van der Waals surface area contributed by atoms with Gasteiger partial charge in [0.25, 0.3) is 0 Å². The number of nitrogens with zero attached hydrogens (tertiary/aromatic N) is 3. The zero-order chi connectivity index (χ0) is 11.5. The Morgan fingerprint density at radius 1 is 1.62 bits per heavy atom. The van der Waals surface area contributed by atoms with Gasteiger partial charge < -0.3 is 5.32 Å². The Balaban J connectivity index is 1.92. The minimum Gasteiger partial charge on any atom is -0.315 e. The highest BCUT2D eigenvalue weighted by atomic mass is 15.3. The van der Waals surface area contributed by atoms with E-state index in [0.29, 0.717) is 12.1 Å². The van der Waals surface area contributed by atoms with Crippen LogP contribution in [0.3, 0.4) is 0 Å². The number of nitrogens with one attached hydrogen (secondary N) is 1. The molecule has 0 aliphatic carbocycles. The molecule has 1 atom stereocenters. The minimum absolute atomic E-state index is 0.451. The summed E-state index contributed by atoms with van der Waals surface area (Å²) < 4.78 is 2.02. The number of hydrogen-bond acceptors (Lipinski definition) is 3. The Hall–Kier alpha value is -0.870. The lowest BCUT2D eigenvalue weighted by Crippen LogP contribution is -2.33. The van der Waals surface area contributed by atoms with E-state index in [1.165, 1.54) is 12.1 Å². The average molecular weight is 222 g/mol. The minimum atomic E-state index is 0.451. The molecule has 0 radical (unpaired) electrons. The van der Waals surface area contributed by atoms with E-state index in [1.54, 1.807) is 0 Å². The van der Waals surface area contributed by atoms with Crippen LogP contribution in [0.15, 0.2) is 12.3 Å². The quantitative estimate of drug-likeness (QED) is 0.832. The molecule has 16 heavy (non-hydrogen) atoms. The molecule has 1 saturated heterocycles. The van der Waals surface area contributed by atoms with E-state index in [2.05, 4.69) is 48.5 Å². The summed E-state index contributed by atoms with van der Waals surface area (Å²) in [5.41, 5.74) is 1.17. The van der Waals surface area contributed by atoms with Crippen LogP contribution in [0.5, 0.6) is 0 Å². The lowest BCUT2D eigenvalue weighted by atomic mass is 10.2. The molecule has 0 spiro atoms. The fraction of sp³-hybridized carbons (Fsp3) is 0.750. The van der Waals surface area contributed by atoms with Gasteiger partial charge in [0, 0.05) is 31.4 Å². The molecular formula is C12H22N4. The first-order valence-electron chi connectivity index (χ1n) is 6.12. The van der Waals surface area contributed by atoms with Crippen LogP contribution in [-0.2, 0) is 6.54 Å². The molecule has 0 amide bonds. The van der Waals surface area contributed by atoms with E-state index in [-0.39, 0.29) is 0 Å². The van der Waals surface area contributed by atoms with Gasteiger partial charge in [-0.25, -0.2) is 0 Å². The number of rotatable bonds is 4. The molecule has 2 heterocycles. The summed E-state index contributed by atoms with van der Waals surface area (Å²) in [4.78, 5) is 2.40. The van der Waals surface area contributed by atoms with Crippen LogP contribution in [-0.4, -0.2) is 40.9 Å². The monoisotopic (exact) mass is 222 g/mol. The molecule has 1 aromatic rings. The van der Waals surface area contributed by atoms with Gasteiger partial charge in [-0.3, -0.25) is 9.58 Å². The van der Waals surface area contributed by atoms with E-state index in [0.717, 1.165) is 19.6 Å². The van der Waals surface area contributed by atoms with Crippen molar-refractivity contribution in [3.8, 4) is 0 Å². The highest BCUT2D eigenvalue weighted by molar-refractivity contribution is 5.00. The van der Waals surface area contributed by atoms with Crippen LogP contribution in [0.4, 0.5) is 0 Å². The Morgan fingerprint density at radius 3 is 3.00 bits per heavy atom. The smallest absolute Gasteiger partial charge is 0.0764 e. The van der Waals surface area contributed by atoms with E-state index >= 15 is 0 Å². The first-order chi connectivity index (χ1) is 7.66. The standard InChI is InChI=1S/C12H22N4/c1-10(2)16-7-5-11(14-16)9-15(3)12-4-6-13-8-12/h5,7,10,12-13H,4,6,8-9H2,1-3H3. The zero-order valence-electron chi connectivity index (χ0n) is 10.5. The lowest BCUT2D eigenvalue weighted by molar-refractivity contribution is 0.245. The number of likely N-dealkylation sites (N-methyl/N-ethyl adjacent to an activating group) is 1. The van der Waals surface area contributed by atoms with Crippen molar-refractivity contribution < 1.29 is 0 Å². The van der Waals surface area contributed by atoms with Crippen LogP contribution in [0.1, 0.15) is 32.0 Å². The number of hydrogen-bond donors (Lipinski definition) is 1. The van der Waals surface area contributed by atoms with Gasteiger partial charge in [-0.1, -0.05) is 0 Å². The maximum absolute atomic E-state index is 4.58. The third-order valence-electron chi connectivity index (χ3n) is 3.26. The zero-order valence-corrected chi connectivity index (χ0v) is 10.5. The first kappa shape index (κ1) is 11.6. The van der Waals surface area contributed by atoms with Crippen LogP contribution in [0.2, 0.25) is 0 Å². The van der Waals surface area contributed by atoms with Crippen molar-refractivity contribution in [2.75, 3.05) is 20.1 Å². The fourth-order valence-corrected chi connectivity index (χ4v) is 2.15. The maximum Gasteiger partial charge on any atom is 0.0764 e. The Morgan fingerprint density at radius 2 is 2.44 bits per heavy atom. The second kappa shape index (κ2) is 4.97. The van der Waals surface area contributed by atoms with Crippen molar-refractivity contribution in [3.63, 3.8) is 0 Å². The largest absolute Gasteiger partial charge is 0.315 e. The summed E-state index contributed by atoms with van der Waals surface area (Å²) in [6, 6.07) is 3.25. The molecule has 0 bridgehead atoms. The molecule has 0 saturated carbocycles. The molecule has 1 N–H and O–H groups in total. The summed E-state index contributed by atoms with van der Waals surface area (Å²) in [7, 11) is 2.19. The third kappa shape index (κ3) is 2.62. The van der Waals surface area contributed by atoms with Crippen LogP contribution < -0.4 is 5.32 Å². The average Bonchev–Trinajstić information content (AvgIpc) is 2.87. The molecule has 4 nitrogen and oxygen atoms in total. The van der Waals surface area contributed by atoms with Crippen molar-refractivity contribution in [1.29, 1.82) is 0 Å². The van der Waals surface area contributed by atoms with Crippen LogP contribution >= 0.6 is 0 Å². The Labute approximate surface area is 97.6 Å². The van der Waals surface area contributed by atoms with Gasteiger partial charge in [0.05, 0.1) is 5.69 Å². The molecule has 4 heteroatoms. The lowest BCUT2D eigenvalue weighted by Gasteiger charge is -2.22. The van der Waals surface area contributed by atoms with E-state index in [1.807, 2.05) is 4.68 Å². The Bertz CT molecular complexity index is 326. The predicted molar refractivity (Wildman–Crippen MR) is 65.4 cm³/mol. The third-order valence-corrected chi connectivity index (χ3v) is 3.26. The summed E-state index contributed by atoms with van der Waals surface area (Å²) in [5.74, 6) is 0. The molecule has 90 valence electrons. The first-order valence-corrected chi connectivity index (χ1v) is 6.12. The van der Waals surface area contributed by atoms with E-state index in [4.69, 9.17) is 0 Å². The predicted octanol–water partition coefficient (Wildman–Crippen LogP) is 1.26. The molecular weight excluding hydrogens is 200 g/mol. The number of aromatic nitrogens is 2. The van der Waals surface area contributed by atoms with Gasteiger partial charge in [-0.05, 0) is 39.9 Å². The topological polar surface area (TPSA) is 33.1 Å². The van der Waals surface area contributed by atoms with Gasteiger partial charge >= 0.3 is 0 Å². The van der Waals surface area contributed by atoms with Gasteiger partial charge in [0.15, 0.2) is 0 Å². The highest BCUT2D eigenvalue weighted by Gasteiger charge is 2.19. The van der Waals surface area contributed by atoms with Gasteiger partial charge in [-0.15, -0.1) is 0 Å². The highest BCUT2D eigenvalue weighted by Crippen LogP contribution is 2.11. The molecule has 1 unspecified atom stereocenters.